The van der Waals surface area contributed by atoms with E-state index in [1.807, 2.05) is 6.07 Å². The lowest BCUT2D eigenvalue weighted by molar-refractivity contribution is -0.385. The van der Waals surface area contributed by atoms with Gasteiger partial charge in [0, 0.05) is 24.7 Å². The van der Waals surface area contributed by atoms with Gasteiger partial charge in [0.05, 0.1) is 30.8 Å². The van der Waals surface area contributed by atoms with E-state index in [2.05, 4.69) is 0 Å². The molecule has 170 valence electrons. The maximum absolute atomic E-state index is 12.6. The highest BCUT2D eigenvalue weighted by molar-refractivity contribution is 6.01. The van der Waals surface area contributed by atoms with Crippen LogP contribution in [0.15, 0.2) is 42.0 Å². The molecule has 0 atom stereocenters. The largest absolute Gasteiger partial charge is 0.493 e. The monoisotopic (exact) mass is 451 g/mol. The van der Waals surface area contributed by atoms with E-state index in [9.17, 15) is 25.0 Å². The Morgan fingerprint density at radius 2 is 1.94 bits per heavy atom. The average Bonchev–Trinajstić information content (AvgIpc) is 2.83. The van der Waals surface area contributed by atoms with Gasteiger partial charge < -0.3 is 19.1 Å². The summed E-state index contributed by atoms with van der Waals surface area (Å²) in [5.41, 5.74) is 0.502. The number of nitrogens with zero attached hydrogens (tertiary/aromatic N) is 3. The van der Waals surface area contributed by atoms with E-state index in [0.29, 0.717) is 31.9 Å². The molecule has 0 bridgehead atoms. The van der Waals surface area contributed by atoms with Gasteiger partial charge in [0.1, 0.15) is 11.6 Å². The molecule has 10 heteroatoms. The van der Waals surface area contributed by atoms with Crippen LogP contribution in [0.25, 0.3) is 6.08 Å². The van der Waals surface area contributed by atoms with Gasteiger partial charge in [-0.25, -0.2) is 4.79 Å². The molecule has 0 saturated carbocycles. The zero-order valence-electron chi connectivity index (χ0n) is 18.1. The van der Waals surface area contributed by atoms with E-state index >= 15 is 0 Å². The number of hydrogen-bond donors (Lipinski definition) is 0. The molecular formula is C23H21N3O7. The molecule has 1 fully saturated rings. The van der Waals surface area contributed by atoms with Gasteiger partial charge in [0.15, 0.2) is 11.5 Å². The van der Waals surface area contributed by atoms with Crippen molar-refractivity contribution in [3.63, 3.8) is 0 Å². The third-order valence-corrected chi connectivity index (χ3v) is 5.07. The lowest BCUT2D eigenvalue weighted by Crippen LogP contribution is -2.41. The van der Waals surface area contributed by atoms with Crippen LogP contribution in [0.5, 0.6) is 11.5 Å². The molecule has 0 aromatic heterocycles. The van der Waals surface area contributed by atoms with E-state index in [1.54, 1.807) is 11.0 Å². The van der Waals surface area contributed by atoms with Crippen molar-refractivity contribution in [2.45, 2.75) is 6.92 Å². The molecule has 0 radical (unpaired) electrons. The highest BCUT2D eigenvalue weighted by Gasteiger charge is 2.22. The molecule has 33 heavy (non-hydrogen) atoms. The van der Waals surface area contributed by atoms with Crippen LogP contribution < -0.4 is 9.47 Å². The predicted molar refractivity (Wildman–Crippen MR) is 117 cm³/mol. The lowest BCUT2D eigenvalue weighted by Gasteiger charge is -2.26. The minimum absolute atomic E-state index is 0.0454. The Hall–Kier alpha value is -4.23. The Kier molecular flexibility index (Phi) is 7.38. The van der Waals surface area contributed by atoms with Gasteiger partial charge in [-0.3, -0.25) is 14.9 Å². The summed E-state index contributed by atoms with van der Waals surface area (Å²) in [6, 6.07) is 10.6. The number of ether oxygens (including phenoxy) is 3. The molecule has 1 saturated heterocycles. The fourth-order valence-electron chi connectivity index (χ4n) is 3.30. The Labute approximate surface area is 189 Å². The molecule has 0 N–H and O–H groups in total. The van der Waals surface area contributed by atoms with Gasteiger partial charge in [-0.05, 0) is 36.8 Å². The normalized spacial score (nSPS) is 13.7. The van der Waals surface area contributed by atoms with Gasteiger partial charge in [-0.1, -0.05) is 12.1 Å². The first-order chi connectivity index (χ1) is 15.8. The molecule has 3 rings (SSSR count). The van der Waals surface area contributed by atoms with Crippen LogP contribution in [0, 0.1) is 28.4 Å². The summed E-state index contributed by atoms with van der Waals surface area (Å²) < 4.78 is 15.9. The number of rotatable bonds is 6. The number of amides is 1. The molecule has 0 unspecified atom stereocenters. The lowest BCUT2D eigenvalue weighted by atomic mass is 10.1. The summed E-state index contributed by atoms with van der Waals surface area (Å²) in [5, 5.41) is 20.6. The summed E-state index contributed by atoms with van der Waals surface area (Å²) in [5.74, 6) is -0.894. The van der Waals surface area contributed by atoms with Crippen molar-refractivity contribution in [2.24, 2.45) is 0 Å². The molecule has 0 aliphatic carbocycles. The quantitative estimate of drug-likeness (QED) is 0.164. The van der Waals surface area contributed by atoms with Crippen molar-refractivity contribution in [3.8, 4) is 17.6 Å². The van der Waals surface area contributed by atoms with Gasteiger partial charge in [0.25, 0.3) is 11.6 Å². The van der Waals surface area contributed by atoms with Gasteiger partial charge in [-0.15, -0.1) is 0 Å². The van der Waals surface area contributed by atoms with Crippen LogP contribution >= 0.6 is 0 Å². The highest BCUT2D eigenvalue weighted by atomic mass is 16.6. The smallest absolute Gasteiger partial charge is 0.344 e. The maximum atomic E-state index is 12.6. The van der Waals surface area contributed by atoms with Gasteiger partial charge in [0.2, 0.25) is 0 Å². The second kappa shape index (κ2) is 10.4. The van der Waals surface area contributed by atoms with E-state index < -0.39 is 16.8 Å². The van der Waals surface area contributed by atoms with E-state index in [4.69, 9.17) is 14.2 Å². The number of morpholine rings is 1. The van der Waals surface area contributed by atoms with Crippen molar-refractivity contribution >= 4 is 23.6 Å². The Bertz CT molecular complexity index is 1160. The summed E-state index contributed by atoms with van der Waals surface area (Å²) in [4.78, 5) is 37.3. The van der Waals surface area contributed by atoms with Crippen molar-refractivity contribution in [2.75, 3.05) is 33.4 Å². The van der Waals surface area contributed by atoms with Crippen LogP contribution in [0.4, 0.5) is 5.69 Å². The minimum Gasteiger partial charge on any atom is -0.493 e. The van der Waals surface area contributed by atoms with Gasteiger partial charge >= 0.3 is 5.97 Å². The van der Waals surface area contributed by atoms with E-state index in [1.165, 1.54) is 50.4 Å². The first-order valence-electron chi connectivity index (χ1n) is 9.98. The summed E-state index contributed by atoms with van der Waals surface area (Å²) in [7, 11) is 1.38. The predicted octanol–water partition coefficient (Wildman–Crippen LogP) is 2.90. The van der Waals surface area contributed by atoms with Crippen molar-refractivity contribution in [1.29, 1.82) is 5.26 Å². The summed E-state index contributed by atoms with van der Waals surface area (Å²) in [6.07, 6.45) is 1.43. The zero-order chi connectivity index (χ0) is 24.0. The van der Waals surface area contributed by atoms with Crippen LogP contribution in [-0.4, -0.2) is 55.1 Å². The number of carbonyl (C=O) groups excluding carboxylic acids is 2. The van der Waals surface area contributed by atoms with Crippen LogP contribution in [0.2, 0.25) is 0 Å². The van der Waals surface area contributed by atoms with E-state index in [-0.39, 0.29) is 33.9 Å². The van der Waals surface area contributed by atoms with Crippen molar-refractivity contribution in [1.82, 2.24) is 4.90 Å². The second-order valence-corrected chi connectivity index (χ2v) is 7.08. The second-order valence-electron chi connectivity index (χ2n) is 7.08. The van der Waals surface area contributed by atoms with Crippen molar-refractivity contribution < 1.29 is 28.7 Å². The maximum Gasteiger partial charge on any atom is 0.344 e. The highest BCUT2D eigenvalue weighted by Crippen LogP contribution is 2.31. The fraction of sp³-hybridized carbons (Fsp3) is 0.261. The first-order valence-corrected chi connectivity index (χ1v) is 9.98. The molecule has 1 heterocycles. The molecule has 2 aromatic rings. The Morgan fingerprint density at radius 3 is 2.58 bits per heavy atom. The minimum atomic E-state index is -0.780. The molecule has 1 aliphatic heterocycles. The number of esters is 1. The van der Waals surface area contributed by atoms with Crippen LogP contribution in [0.3, 0.4) is 0 Å². The SMILES string of the molecule is COc1cc(/C=C(\C#N)C(=O)N2CCOCC2)ccc1OC(=O)c1cccc([N+](=O)[O-])c1C. The molecule has 1 aliphatic rings. The molecular weight excluding hydrogens is 430 g/mol. The number of hydrogen-bond acceptors (Lipinski definition) is 8. The number of methoxy groups -OCH3 is 1. The third kappa shape index (κ3) is 5.34. The van der Waals surface area contributed by atoms with Crippen molar-refractivity contribution in [3.05, 3.63) is 68.8 Å². The third-order valence-electron chi connectivity index (χ3n) is 5.07. The Morgan fingerprint density at radius 1 is 1.21 bits per heavy atom. The number of benzene rings is 2. The number of nitriles is 1. The van der Waals surface area contributed by atoms with E-state index in [0.717, 1.165) is 0 Å². The molecule has 0 spiro atoms. The summed E-state index contributed by atoms with van der Waals surface area (Å²) in [6.45, 7) is 3.12. The zero-order valence-corrected chi connectivity index (χ0v) is 18.1. The summed E-state index contributed by atoms with van der Waals surface area (Å²) >= 11 is 0. The topological polar surface area (TPSA) is 132 Å². The fourth-order valence-corrected chi connectivity index (χ4v) is 3.30. The molecule has 2 aromatic carbocycles. The van der Waals surface area contributed by atoms with Crippen LogP contribution in [-0.2, 0) is 9.53 Å². The number of nitro groups is 1. The molecule has 1 amide bonds. The molecule has 10 nitrogen and oxygen atoms in total. The van der Waals surface area contributed by atoms with Gasteiger partial charge in [-0.2, -0.15) is 5.26 Å². The standard InChI is InChI=1S/C23H21N3O7/c1-15-18(4-3-5-19(15)26(29)30)23(28)33-20-7-6-16(13-21(20)31-2)12-17(14-24)22(27)25-8-10-32-11-9-25/h3-7,12-13H,8-11H2,1-2H3/b17-12+. The average molecular weight is 451 g/mol. The number of nitro benzene ring substituents is 1. The van der Waals surface area contributed by atoms with Crippen LogP contribution in [0.1, 0.15) is 21.5 Å². The first kappa shape index (κ1) is 23.4. The number of carbonyl (C=O) groups is 2. The Balaban J connectivity index is 1.84.